The number of aromatic nitrogens is 1. The van der Waals surface area contributed by atoms with Gasteiger partial charge in [0.25, 0.3) is 5.91 Å². The van der Waals surface area contributed by atoms with E-state index in [2.05, 4.69) is 15.6 Å². The van der Waals surface area contributed by atoms with Crippen molar-refractivity contribution in [3.05, 3.63) is 22.8 Å². The molecule has 2 N–H and O–H groups in total. The maximum absolute atomic E-state index is 12.1. The van der Waals surface area contributed by atoms with Gasteiger partial charge in [0.2, 0.25) is 0 Å². The maximum Gasteiger partial charge on any atom is 0.251 e. The molecule has 0 radical (unpaired) electrons. The van der Waals surface area contributed by atoms with Crippen molar-refractivity contribution in [2.24, 2.45) is 0 Å². The number of amides is 1. The van der Waals surface area contributed by atoms with Crippen molar-refractivity contribution >= 4 is 23.3 Å². The topological polar surface area (TPSA) is 63.2 Å². The molecule has 0 spiro atoms. The molecule has 19 heavy (non-hydrogen) atoms. The number of anilines is 1. The Labute approximate surface area is 118 Å². The minimum atomic E-state index is -0.160. The van der Waals surface area contributed by atoms with Crippen LogP contribution in [0, 0.1) is 0 Å². The highest BCUT2D eigenvalue weighted by Gasteiger charge is 2.12. The third-order valence-electron chi connectivity index (χ3n) is 2.55. The molecule has 1 aromatic rings. The normalized spacial score (nSPS) is 12.0. The summed E-state index contributed by atoms with van der Waals surface area (Å²) >= 11 is 5.90. The van der Waals surface area contributed by atoms with Crippen LogP contribution < -0.4 is 10.6 Å². The van der Waals surface area contributed by atoms with Gasteiger partial charge >= 0.3 is 0 Å². The van der Waals surface area contributed by atoms with E-state index in [0.29, 0.717) is 23.1 Å². The van der Waals surface area contributed by atoms with Crippen molar-refractivity contribution in [1.82, 2.24) is 10.3 Å². The molecule has 0 saturated carbocycles. The molecule has 0 fully saturated rings. The number of hydrogen-bond acceptors (Lipinski definition) is 4. The zero-order chi connectivity index (χ0) is 14.3. The molecule has 106 valence electrons. The van der Waals surface area contributed by atoms with Crippen LogP contribution in [0.5, 0.6) is 0 Å². The summed E-state index contributed by atoms with van der Waals surface area (Å²) in [7, 11) is 1.64. The lowest BCUT2D eigenvalue weighted by molar-refractivity contribution is 0.0929. The third kappa shape index (κ3) is 5.44. The van der Waals surface area contributed by atoms with E-state index >= 15 is 0 Å². The fourth-order valence-corrected chi connectivity index (χ4v) is 1.78. The summed E-state index contributed by atoms with van der Waals surface area (Å²) in [6.07, 6.45) is 0.765. The van der Waals surface area contributed by atoms with Crippen LogP contribution in [0.25, 0.3) is 0 Å². The zero-order valence-corrected chi connectivity index (χ0v) is 12.3. The molecule has 6 heteroatoms. The second-order valence-corrected chi connectivity index (χ2v) is 4.64. The van der Waals surface area contributed by atoms with Crippen molar-refractivity contribution < 1.29 is 9.53 Å². The van der Waals surface area contributed by atoms with E-state index in [9.17, 15) is 4.79 Å². The number of carbonyl (C=O) groups excluding carboxylic acids is 1. The number of halogens is 1. The van der Waals surface area contributed by atoms with Gasteiger partial charge in [0, 0.05) is 31.9 Å². The van der Waals surface area contributed by atoms with Gasteiger partial charge in [-0.05, 0) is 32.4 Å². The first-order valence-corrected chi connectivity index (χ1v) is 6.65. The minimum Gasteiger partial charge on any atom is -0.385 e. The SMILES string of the molecule is CCNc1cc(C(=O)NC(C)CCOC)cc(Cl)n1. The van der Waals surface area contributed by atoms with Crippen LogP contribution in [0.2, 0.25) is 5.15 Å². The third-order valence-corrected chi connectivity index (χ3v) is 2.74. The fraction of sp³-hybridized carbons (Fsp3) is 0.538. The lowest BCUT2D eigenvalue weighted by Gasteiger charge is -2.14. The average Bonchev–Trinajstić information content (AvgIpc) is 2.36. The number of pyridine rings is 1. The summed E-state index contributed by atoms with van der Waals surface area (Å²) in [4.78, 5) is 16.1. The molecular weight excluding hydrogens is 266 g/mol. The predicted molar refractivity (Wildman–Crippen MR) is 76.8 cm³/mol. The number of methoxy groups -OCH3 is 1. The van der Waals surface area contributed by atoms with E-state index in [1.54, 1.807) is 19.2 Å². The number of hydrogen-bond donors (Lipinski definition) is 2. The molecule has 1 aromatic heterocycles. The van der Waals surface area contributed by atoms with Gasteiger partial charge in [-0.15, -0.1) is 0 Å². The Morgan fingerprint density at radius 1 is 1.53 bits per heavy atom. The second kappa shape index (κ2) is 7.96. The first-order valence-electron chi connectivity index (χ1n) is 6.28. The van der Waals surface area contributed by atoms with Crippen LogP contribution in [0.3, 0.4) is 0 Å². The highest BCUT2D eigenvalue weighted by atomic mass is 35.5. The van der Waals surface area contributed by atoms with Crippen LogP contribution >= 0.6 is 11.6 Å². The van der Waals surface area contributed by atoms with E-state index in [4.69, 9.17) is 16.3 Å². The van der Waals surface area contributed by atoms with Crippen LogP contribution in [-0.2, 0) is 4.74 Å². The Bertz CT molecular complexity index is 426. The molecule has 5 nitrogen and oxygen atoms in total. The summed E-state index contributed by atoms with van der Waals surface area (Å²) < 4.78 is 4.98. The number of carbonyl (C=O) groups is 1. The Morgan fingerprint density at radius 2 is 2.26 bits per heavy atom. The smallest absolute Gasteiger partial charge is 0.251 e. The molecule has 0 aromatic carbocycles. The van der Waals surface area contributed by atoms with E-state index < -0.39 is 0 Å². The van der Waals surface area contributed by atoms with Crippen molar-refractivity contribution in [1.29, 1.82) is 0 Å². The van der Waals surface area contributed by atoms with Crippen LogP contribution in [-0.4, -0.2) is 37.2 Å². The van der Waals surface area contributed by atoms with Gasteiger partial charge in [-0.1, -0.05) is 11.6 Å². The Morgan fingerprint density at radius 3 is 2.89 bits per heavy atom. The largest absolute Gasteiger partial charge is 0.385 e. The summed E-state index contributed by atoms with van der Waals surface area (Å²) in [6, 6.07) is 3.29. The maximum atomic E-state index is 12.1. The lowest BCUT2D eigenvalue weighted by atomic mass is 10.2. The van der Waals surface area contributed by atoms with Gasteiger partial charge in [-0.25, -0.2) is 4.98 Å². The zero-order valence-electron chi connectivity index (χ0n) is 11.5. The molecule has 0 aliphatic carbocycles. The number of ether oxygens (including phenoxy) is 1. The van der Waals surface area contributed by atoms with Gasteiger partial charge in [0.15, 0.2) is 0 Å². The molecule has 1 rings (SSSR count). The lowest BCUT2D eigenvalue weighted by Crippen LogP contribution is -2.33. The molecule has 0 aliphatic rings. The molecule has 1 unspecified atom stereocenters. The molecule has 0 bridgehead atoms. The van der Waals surface area contributed by atoms with E-state index in [1.807, 2.05) is 13.8 Å². The summed E-state index contributed by atoms with van der Waals surface area (Å²) in [5.74, 6) is 0.441. The van der Waals surface area contributed by atoms with Crippen molar-refractivity contribution in [3.8, 4) is 0 Å². The molecule has 0 aliphatic heterocycles. The first-order chi connectivity index (χ1) is 9.06. The Kier molecular flexibility index (Phi) is 6.59. The van der Waals surface area contributed by atoms with Crippen molar-refractivity contribution in [2.75, 3.05) is 25.6 Å². The monoisotopic (exact) mass is 285 g/mol. The van der Waals surface area contributed by atoms with Crippen LogP contribution in [0.4, 0.5) is 5.82 Å². The summed E-state index contributed by atoms with van der Waals surface area (Å²) in [5, 5.41) is 6.23. The van der Waals surface area contributed by atoms with Gasteiger partial charge in [-0.3, -0.25) is 4.79 Å². The number of rotatable bonds is 7. The van der Waals surface area contributed by atoms with Gasteiger partial charge < -0.3 is 15.4 Å². The molecule has 1 atom stereocenters. The highest BCUT2D eigenvalue weighted by molar-refractivity contribution is 6.29. The van der Waals surface area contributed by atoms with Crippen LogP contribution in [0.1, 0.15) is 30.6 Å². The number of nitrogens with one attached hydrogen (secondary N) is 2. The minimum absolute atomic E-state index is 0.0435. The second-order valence-electron chi connectivity index (χ2n) is 4.25. The van der Waals surface area contributed by atoms with Crippen molar-refractivity contribution in [3.63, 3.8) is 0 Å². The Hall–Kier alpha value is -1.33. The van der Waals surface area contributed by atoms with Gasteiger partial charge in [-0.2, -0.15) is 0 Å². The highest BCUT2D eigenvalue weighted by Crippen LogP contribution is 2.14. The fourth-order valence-electron chi connectivity index (χ4n) is 1.57. The standard InChI is InChI=1S/C13H20ClN3O2/c1-4-15-12-8-10(7-11(14)17-12)13(18)16-9(2)5-6-19-3/h7-9H,4-6H2,1-3H3,(H,15,17)(H,16,18). The van der Waals surface area contributed by atoms with Gasteiger partial charge in [0.1, 0.15) is 11.0 Å². The molecular formula is C13H20ClN3O2. The van der Waals surface area contributed by atoms with Gasteiger partial charge in [0.05, 0.1) is 0 Å². The summed E-state index contributed by atoms with van der Waals surface area (Å²) in [6.45, 7) is 5.22. The van der Waals surface area contributed by atoms with Crippen molar-refractivity contribution in [2.45, 2.75) is 26.3 Å². The molecule has 1 amide bonds. The average molecular weight is 286 g/mol. The quantitative estimate of drug-likeness (QED) is 0.755. The predicted octanol–water partition coefficient (Wildman–Crippen LogP) is 2.32. The van der Waals surface area contributed by atoms with E-state index in [1.165, 1.54) is 0 Å². The van der Waals surface area contributed by atoms with E-state index in [0.717, 1.165) is 13.0 Å². The van der Waals surface area contributed by atoms with Crippen LogP contribution in [0.15, 0.2) is 12.1 Å². The molecule has 1 heterocycles. The Balaban J connectivity index is 2.70. The molecule has 0 saturated heterocycles. The van der Waals surface area contributed by atoms with E-state index in [-0.39, 0.29) is 11.9 Å². The first kappa shape index (κ1) is 15.7. The number of nitrogens with zero attached hydrogens (tertiary/aromatic N) is 1. The summed E-state index contributed by atoms with van der Waals surface area (Å²) in [5.41, 5.74) is 0.500.